The fraction of sp³-hybridized carbons (Fsp3) is 0.471. The van der Waals surface area contributed by atoms with Crippen molar-refractivity contribution in [1.29, 1.82) is 0 Å². The van der Waals surface area contributed by atoms with Gasteiger partial charge in [0.2, 0.25) is 5.91 Å². The van der Waals surface area contributed by atoms with E-state index in [0.717, 1.165) is 30.2 Å². The molecule has 1 aromatic carbocycles. The Labute approximate surface area is 155 Å². The van der Waals surface area contributed by atoms with Gasteiger partial charge < -0.3 is 10.1 Å². The van der Waals surface area contributed by atoms with Crippen LogP contribution in [0.5, 0.6) is 5.75 Å². The number of nitrogens with one attached hydrogen (secondary N) is 3. The molecule has 1 aliphatic carbocycles. The number of amides is 3. The van der Waals surface area contributed by atoms with E-state index in [2.05, 4.69) is 32.1 Å². The summed E-state index contributed by atoms with van der Waals surface area (Å²) >= 11 is 3.30. The molecular weight excluding hydrogens is 390 g/mol. The zero-order valence-electron chi connectivity index (χ0n) is 13.8. The highest BCUT2D eigenvalue weighted by Crippen LogP contribution is 2.23. The number of ether oxygens (including phenoxy) is 1. The van der Waals surface area contributed by atoms with Crippen LogP contribution >= 0.6 is 15.9 Å². The number of carbonyl (C=O) groups is 3. The molecule has 25 heavy (non-hydrogen) atoms. The Kier molecular flexibility index (Phi) is 7.72. The Morgan fingerprint density at radius 1 is 1.00 bits per heavy atom. The first-order valence-corrected chi connectivity index (χ1v) is 9.07. The molecule has 3 N–H and O–H groups in total. The van der Waals surface area contributed by atoms with E-state index in [0.29, 0.717) is 5.75 Å². The van der Waals surface area contributed by atoms with Crippen molar-refractivity contribution >= 4 is 33.7 Å². The third-order valence-corrected chi connectivity index (χ3v) is 4.45. The number of rotatable bonds is 6. The smallest absolute Gasteiger partial charge is 0.276 e. The van der Waals surface area contributed by atoms with Gasteiger partial charge in [-0.3, -0.25) is 25.2 Å². The van der Waals surface area contributed by atoms with Gasteiger partial charge >= 0.3 is 0 Å². The van der Waals surface area contributed by atoms with Crippen LogP contribution in [0.2, 0.25) is 0 Å². The molecule has 3 amide bonds. The minimum absolute atomic E-state index is 0.00421. The first-order valence-electron chi connectivity index (χ1n) is 8.28. The zero-order chi connectivity index (χ0) is 18.1. The van der Waals surface area contributed by atoms with Gasteiger partial charge in [-0.2, -0.15) is 0 Å². The molecule has 0 aliphatic heterocycles. The van der Waals surface area contributed by atoms with Crippen LogP contribution < -0.4 is 20.9 Å². The minimum atomic E-state index is -0.491. The van der Waals surface area contributed by atoms with Crippen molar-refractivity contribution in [2.24, 2.45) is 5.92 Å². The van der Waals surface area contributed by atoms with Crippen LogP contribution in [0, 0.1) is 5.92 Å². The molecule has 1 fully saturated rings. The van der Waals surface area contributed by atoms with Gasteiger partial charge in [-0.05, 0) is 37.1 Å². The van der Waals surface area contributed by atoms with Crippen LogP contribution in [0.4, 0.5) is 0 Å². The molecule has 0 saturated heterocycles. The zero-order valence-corrected chi connectivity index (χ0v) is 15.4. The molecule has 0 heterocycles. The van der Waals surface area contributed by atoms with Crippen LogP contribution in [-0.2, 0) is 14.4 Å². The third kappa shape index (κ3) is 7.13. The predicted molar refractivity (Wildman–Crippen MR) is 95.5 cm³/mol. The van der Waals surface area contributed by atoms with Crippen LogP contribution in [-0.4, -0.2) is 30.9 Å². The molecule has 8 heteroatoms. The molecule has 136 valence electrons. The lowest BCUT2D eigenvalue weighted by Crippen LogP contribution is -2.48. The third-order valence-electron chi connectivity index (χ3n) is 3.92. The standard InChI is InChI=1S/C17H22BrN3O4/c18-13-6-8-14(9-7-13)25-11-16(23)21-20-15(22)10-19-17(24)12-4-2-1-3-5-12/h6-9,12H,1-5,10-11H2,(H,19,24)(H,20,22)(H,21,23). The summed E-state index contributed by atoms with van der Waals surface area (Å²) in [4.78, 5) is 35.2. The number of halogens is 1. The number of benzene rings is 1. The van der Waals surface area contributed by atoms with Crippen LogP contribution in [0.1, 0.15) is 32.1 Å². The molecule has 1 saturated carbocycles. The van der Waals surface area contributed by atoms with E-state index in [-0.39, 0.29) is 25.0 Å². The second-order valence-electron chi connectivity index (χ2n) is 5.89. The Bertz CT molecular complexity index is 600. The van der Waals surface area contributed by atoms with Crippen LogP contribution in [0.25, 0.3) is 0 Å². The fourth-order valence-corrected chi connectivity index (χ4v) is 2.84. The molecule has 1 aromatic rings. The molecule has 0 atom stereocenters. The van der Waals surface area contributed by atoms with Gasteiger partial charge in [-0.15, -0.1) is 0 Å². The van der Waals surface area contributed by atoms with Crippen molar-refractivity contribution in [2.75, 3.05) is 13.2 Å². The molecule has 0 radical (unpaired) electrons. The molecule has 2 rings (SSSR count). The summed E-state index contributed by atoms with van der Waals surface area (Å²) in [6.45, 7) is -0.389. The summed E-state index contributed by atoms with van der Waals surface area (Å²) < 4.78 is 6.19. The van der Waals surface area contributed by atoms with Gasteiger partial charge in [0.25, 0.3) is 11.8 Å². The largest absolute Gasteiger partial charge is 0.484 e. The van der Waals surface area contributed by atoms with E-state index < -0.39 is 11.8 Å². The molecular formula is C17H22BrN3O4. The van der Waals surface area contributed by atoms with Gasteiger partial charge in [0.1, 0.15) is 5.75 Å². The lowest BCUT2D eigenvalue weighted by Gasteiger charge is -2.20. The van der Waals surface area contributed by atoms with E-state index in [1.165, 1.54) is 6.42 Å². The minimum Gasteiger partial charge on any atom is -0.484 e. The predicted octanol–water partition coefficient (Wildman–Crippen LogP) is 1.67. The number of hydrogen-bond donors (Lipinski definition) is 3. The van der Waals surface area contributed by atoms with Gasteiger partial charge in [-0.25, -0.2) is 0 Å². The van der Waals surface area contributed by atoms with E-state index >= 15 is 0 Å². The number of hydrazine groups is 1. The van der Waals surface area contributed by atoms with Crippen molar-refractivity contribution in [3.8, 4) is 5.75 Å². The van der Waals surface area contributed by atoms with Crippen molar-refractivity contribution in [3.63, 3.8) is 0 Å². The second kappa shape index (κ2) is 10.0. The SMILES string of the molecule is O=C(CNC(=O)C1CCCCC1)NNC(=O)COc1ccc(Br)cc1. The lowest BCUT2D eigenvalue weighted by atomic mass is 9.89. The normalized spacial score (nSPS) is 14.4. The maximum atomic E-state index is 11.9. The van der Waals surface area contributed by atoms with Crippen molar-refractivity contribution in [1.82, 2.24) is 16.2 Å². The Morgan fingerprint density at radius 3 is 2.32 bits per heavy atom. The molecule has 0 bridgehead atoms. The highest BCUT2D eigenvalue weighted by molar-refractivity contribution is 9.10. The first kappa shape index (κ1) is 19.2. The molecule has 1 aliphatic rings. The van der Waals surface area contributed by atoms with Crippen molar-refractivity contribution in [2.45, 2.75) is 32.1 Å². The Hall–Kier alpha value is -2.09. The van der Waals surface area contributed by atoms with E-state index in [1.807, 2.05) is 0 Å². The maximum Gasteiger partial charge on any atom is 0.276 e. The fourth-order valence-electron chi connectivity index (χ4n) is 2.58. The van der Waals surface area contributed by atoms with Crippen LogP contribution in [0.3, 0.4) is 0 Å². The van der Waals surface area contributed by atoms with Crippen molar-refractivity contribution in [3.05, 3.63) is 28.7 Å². The highest BCUT2D eigenvalue weighted by atomic mass is 79.9. The number of hydrogen-bond acceptors (Lipinski definition) is 4. The monoisotopic (exact) mass is 411 g/mol. The molecule has 0 spiro atoms. The van der Waals surface area contributed by atoms with E-state index in [1.54, 1.807) is 24.3 Å². The summed E-state index contributed by atoms with van der Waals surface area (Å²) in [7, 11) is 0. The Morgan fingerprint density at radius 2 is 1.64 bits per heavy atom. The summed E-state index contributed by atoms with van der Waals surface area (Å²) in [5.41, 5.74) is 4.49. The summed E-state index contributed by atoms with van der Waals surface area (Å²) in [5, 5.41) is 2.60. The number of carbonyl (C=O) groups excluding carboxylic acids is 3. The summed E-state index contributed by atoms with van der Waals surface area (Å²) in [6.07, 6.45) is 5.02. The average molecular weight is 412 g/mol. The highest BCUT2D eigenvalue weighted by Gasteiger charge is 2.21. The van der Waals surface area contributed by atoms with E-state index in [9.17, 15) is 14.4 Å². The maximum absolute atomic E-state index is 11.9. The van der Waals surface area contributed by atoms with Crippen LogP contribution in [0.15, 0.2) is 28.7 Å². The van der Waals surface area contributed by atoms with E-state index in [4.69, 9.17) is 4.74 Å². The van der Waals surface area contributed by atoms with Gasteiger partial charge in [0.05, 0.1) is 6.54 Å². The Balaban J connectivity index is 1.59. The second-order valence-corrected chi connectivity index (χ2v) is 6.81. The quantitative estimate of drug-likeness (QED) is 0.620. The summed E-state index contributed by atoms with van der Waals surface area (Å²) in [6, 6.07) is 7.03. The lowest BCUT2D eigenvalue weighted by molar-refractivity contribution is -0.131. The topological polar surface area (TPSA) is 96.5 Å². The van der Waals surface area contributed by atoms with Gasteiger partial charge in [-0.1, -0.05) is 35.2 Å². The summed E-state index contributed by atoms with van der Waals surface area (Å²) in [5.74, 6) is -0.532. The molecule has 0 aromatic heterocycles. The van der Waals surface area contributed by atoms with Crippen molar-refractivity contribution < 1.29 is 19.1 Å². The molecule has 7 nitrogen and oxygen atoms in total. The van der Waals surface area contributed by atoms with Gasteiger partial charge in [0.15, 0.2) is 6.61 Å². The first-order chi connectivity index (χ1) is 12.0. The average Bonchev–Trinajstić information content (AvgIpc) is 2.64. The molecule has 0 unspecified atom stereocenters. The van der Waals surface area contributed by atoms with Gasteiger partial charge in [0, 0.05) is 10.4 Å².